The summed E-state index contributed by atoms with van der Waals surface area (Å²) < 4.78 is 0. The van der Waals surface area contributed by atoms with Gasteiger partial charge in [0.25, 0.3) is 0 Å². The topological polar surface area (TPSA) is 0 Å². The lowest BCUT2D eigenvalue weighted by molar-refractivity contribution is 1.52. The van der Waals surface area contributed by atoms with Crippen molar-refractivity contribution in [2.45, 2.75) is 13.8 Å². The Morgan fingerprint density at radius 1 is 1.00 bits per heavy atom. The molecule has 58 valence electrons. The van der Waals surface area contributed by atoms with Crippen LogP contribution >= 0.6 is 23.5 Å². The first-order valence-corrected chi connectivity index (χ1v) is 5.33. The van der Waals surface area contributed by atoms with E-state index in [0.29, 0.717) is 0 Å². The van der Waals surface area contributed by atoms with E-state index in [1.807, 2.05) is 0 Å². The van der Waals surface area contributed by atoms with E-state index in [1.54, 1.807) is 23.5 Å². The van der Waals surface area contributed by atoms with E-state index in [9.17, 15) is 0 Å². The molecule has 0 aliphatic heterocycles. The first kappa shape index (κ1) is 10.2. The quantitative estimate of drug-likeness (QED) is 0.585. The molecular weight excluding hydrogens is 160 g/mol. The normalized spacial score (nSPS) is 9.40. The van der Waals surface area contributed by atoms with Crippen LogP contribution in [-0.2, 0) is 0 Å². The summed E-state index contributed by atoms with van der Waals surface area (Å²) in [5, 5.41) is 0. The third-order valence-electron chi connectivity index (χ3n) is 0.948. The van der Waals surface area contributed by atoms with Gasteiger partial charge in [0.2, 0.25) is 0 Å². The van der Waals surface area contributed by atoms with Crippen molar-refractivity contribution in [2.75, 3.05) is 11.5 Å². The first-order valence-electron chi connectivity index (χ1n) is 3.36. The molecule has 0 rings (SSSR count). The Kier molecular flexibility index (Phi) is 6.03. The Morgan fingerprint density at radius 3 is 1.50 bits per heavy atom. The molecule has 0 aliphatic rings. The van der Waals surface area contributed by atoms with Gasteiger partial charge in [-0.2, -0.15) is 0 Å². The third kappa shape index (κ3) is 4.07. The molecule has 0 aromatic rings. The number of hydrogen-bond donors (Lipinski definition) is 0. The summed E-state index contributed by atoms with van der Waals surface area (Å²) in [5.74, 6) is 2.17. The molecule has 0 bridgehead atoms. The molecule has 0 atom stereocenters. The second-order valence-electron chi connectivity index (χ2n) is 1.71. The smallest absolute Gasteiger partial charge is 0.0130 e. The molecule has 0 radical (unpaired) electrons. The lowest BCUT2D eigenvalue weighted by atomic mass is 10.6. The van der Waals surface area contributed by atoms with Crippen LogP contribution in [0.2, 0.25) is 0 Å². The predicted molar refractivity (Wildman–Crippen MR) is 54.5 cm³/mol. The van der Waals surface area contributed by atoms with Crippen LogP contribution < -0.4 is 0 Å². The van der Waals surface area contributed by atoms with Gasteiger partial charge in [0, 0.05) is 9.81 Å². The highest BCUT2D eigenvalue weighted by Gasteiger charge is 1.97. The lowest BCUT2D eigenvalue weighted by Crippen LogP contribution is -1.78. The van der Waals surface area contributed by atoms with Crippen LogP contribution in [-0.4, -0.2) is 11.5 Å². The molecule has 0 amide bonds. The van der Waals surface area contributed by atoms with Crippen LogP contribution in [0.15, 0.2) is 23.0 Å². The molecule has 0 unspecified atom stereocenters. The molecule has 0 N–H and O–H groups in total. The molecule has 10 heavy (non-hydrogen) atoms. The molecule has 0 saturated heterocycles. The van der Waals surface area contributed by atoms with Gasteiger partial charge in [-0.15, -0.1) is 23.5 Å². The van der Waals surface area contributed by atoms with Crippen molar-refractivity contribution in [3.8, 4) is 0 Å². The maximum atomic E-state index is 3.91. The van der Waals surface area contributed by atoms with Crippen molar-refractivity contribution in [2.24, 2.45) is 0 Å². The van der Waals surface area contributed by atoms with Crippen molar-refractivity contribution < 1.29 is 0 Å². The Bertz CT molecular complexity index is 111. The Morgan fingerprint density at radius 2 is 1.30 bits per heavy atom. The SMILES string of the molecule is C=C(SCC)C(=C)SCC. The van der Waals surface area contributed by atoms with E-state index in [0.717, 1.165) is 21.3 Å². The lowest BCUT2D eigenvalue weighted by Gasteiger charge is -2.04. The molecule has 0 nitrogen and oxygen atoms in total. The van der Waals surface area contributed by atoms with Gasteiger partial charge >= 0.3 is 0 Å². The fraction of sp³-hybridized carbons (Fsp3) is 0.500. The van der Waals surface area contributed by atoms with Gasteiger partial charge in [0.1, 0.15) is 0 Å². The van der Waals surface area contributed by atoms with Gasteiger partial charge in [0.05, 0.1) is 0 Å². The second kappa shape index (κ2) is 5.93. The third-order valence-corrected chi connectivity index (χ3v) is 2.84. The number of rotatable bonds is 5. The average Bonchev–Trinajstić information content (AvgIpc) is 1.89. The highest BCUT2D eigenvalue weighted by Crippen LogP contribution is 2.28. The average molecular weight is 174 g/mol. The standard InChI is InChI=1S/C8H14S2/c1-5-9-7(3)8(4)10-6-2/h3-6H2,1-2H3. The van der Waals surface area contributed by atoms with Crippen LogP contribution in [0, 0.1) is 0 Å². The molecule has 0 fully saturated rings. The van der Waals surface area contributed by atoms with E-state index in [4.69, 9.17) is 0 Å². The van der Waals surface area contributed by atoms with Gasteiger partial charge in [-0.05, 0) is 11.5 Å². The van der Waals surface area contributed by atoms with Crippen molar-refractivity contribution in [3.63, 3.8) is 0 Å². The van der Waals surface area contributed by atoms with Crippen molar-refractivity contribution in [1.29, 1.82) is 0 Å². The Balaban J connectivity index is 3.60. The fourth-order valence-corrected chi connectivity index (χ4v) is 1.88. The Hall–Kier alpha value is 0.180. The highest BCUT2D eigenvalue weighted by molar-refractivity contribution is 8.08. The van der Waals surface area contributed by atoms with E-state index in [2.05, 4.69) is 27.0 Å². The zero-order chi connectivity index (χ0) is 7.98. The van der Waals surface area contributed by atoms with Crippen LogP contribution in [0.4, 0.5) is 0 Å². The minimum Gasteiger partial charge on any atom is -0.126 e. The van der Waals surface area contributed by atoms with E-state index in [-0.39, 0.29) is 0 Å². The van der Waals surface area contributed by atoms with Crippen molar-refractivity contribution in [3.05, 3.63) is 23.0 Å². The van der Waals surface area contributed by atoms with Crippen LogP contribution in [0.3, 0.4) is 0 Å². The summed E-state index contributed by atoms with van der Waals surface area (Å²) in [7, 11) is 0. The minimum absolute atomic E-state index is 1.09. The van der Waals surface area contributed by atoms with Gasteiger partial charge in [0.15, 0.2) is 0 Å². The summed E-state index contributed by atoms with van der Waals surface area (Å²) in [5.41, 5.74) is 0. The van der Waals surface area contributed by atoms with Crippen LogP contribution in [0.5, 0.6) is 0 Å². The first-order chi connectivity index (χ1) is 4.72. The van der Waals surface area contributed by atoms with Gasteiger partial charge < -0.3 is 0 Å². The largest absolute Gasteiger partial charge is 0.126 e. The van der Waals surface area contributed by atoms with Gasteiger partial charge in [-0.3, -0.25) is 0 Å². The van der Waals surface area contributed by atoms with E-state index in [1.165, 1.54) is 0 Å². The van der Waals surface area contributed by atoms with Gasteiger partial charge in [-0.25, -0.2) is 0 Å². The molecule has 0 spiro atoms. The zero-order valence-corrected chi connectivity index (χ0v) is 8.28. The molecule has 0 aliphatic carbocycles. The maximum absolute atomic E-state index is 3.91. The summed E-state index contributed by atoms with van der Waals surface area (Å²) >= 11 is 3.53. The Labute approximate surface area is 72.2 Å². The molecule has 0 aromatic carbocycles. The number of thioether (sulfide) groups is 2. The zero-order valence-electron chi connectivity index (χ0n) is 6.64. The number of hydrogen-bond acceptors (Lipinski definition) is 2. The molecule has 0 aromatic heterocycles. The summed E-state index contributed by atoms with van der Waals surface area (Å²) in [4.78, 5) is 2.24. The highest BCUT2D eigenvalue weighted by atomic mass is 32.2. The van der Waals surface area contributed by atoms with Crippen LogP contribution in [0.25, 0.3) is 0 Å². The van der Waals surface area contributed by atoms with Gasteiger partial charge in [-0.1, -0.05) is 27.0 Å². The minimum atomic E-state index is 1.09. The molecular formula is C8H14S2. The second-order valence-corrected chi connectivity index (χ2v) is 4.43. The molecule has 0 saturated carbocycles. The monoisotopic (exact) mass is 174 g/mol. The molecule has 0 heterocycles. The van der Waals surface area contributed by atoms with Crippen molar-refractivity contribution in [1.82, 2.24) is 0 Å². The summed E-state index contributed by atoms with van der Waals surface area (Å²) in [6, 6.07) is 0. The maximum Gasteiger partial charge on any atom is 0.0130 e. The van der Waals surface area contributed by atoms with Crippen molar-refractivity contribution >= 4 is 23.5 Å². The fourth-order valence-electron chi connectivity index (χ4n) is 0.509. The van der Waals surface area contributed by atoms with E-state index >= 15 is 0 Å². The van der Waals surface area contributed by atoms with Crippen LogP contribution in [0.1, 0.15) is 13.8 Å². The van der Waals surface area contributed by atoms with E-state index < -0.39 is 0 Å². The predicted octanol–water partition coefficient (Wildman–Crippen LogP) is 3.52. The summed E-state index contributed by atoms with van der Waals surface area (Å²) in [6.45, 7) is 12.1. The summed E-state index contributed by atoms with van der Waals surface area (Å²) in [6.07, 6.45) is 0. The molecule has 2 heteroatoms.